The van der Waals surface area contributed by atoms with Crippen LogP contribution in [-0.2, 0) is 9.59 Å². The Hall–Kier alpha value is -1.40. The first kappa shape index (κ1) is 13.7. The number of nitrogens with one attached hydrogen (secondary N) is 2. The molecule has 0 atom stereocenters. The molecule has 0 bridgehead atoms. The number of aliphatic hydroxyl groups is 1. The Kier molecular flexibility index (Phi) is 5.65. The summed E-state index contributed by atoms with van der Waals surface area (Å²) in [5.74, 6) is -1.42. The van der Waals surface area contributed by atoms with Gasteiger partial charge in [-0.1, -0.05) is 15.9 Å². The summed E-state index contributed by atoms with van der Waals surface area (Å²) >= 11 is 3.27. The van der Waals surface area contributed by atoms with Crippen molar-refractivity contribution in [1.29, 1.82) is 0 Å². The molecule has 0 fully saturated rings. The fourth-order valence-electron chi connectivity index (χ4n) is 1.08. The van der Waals surface area contributed by atoms with Gasteiger partial charge in [0.05, 0.1) is 0 Å². The van der Waals surface area contributed by atoms with Crippen LogP contribution in [0.5, 0.6) is 0 Å². The van der Waals surface area contributed by atoms with E-state index in [4.69, 9.17) is 5.11 Å². The second-order valence-electron chi connectivity index (χ2n) is 3.29. The summed E-state index contributed by atoms with van der Waals surface area (Å²) in [4.78, 5) is 22.7. The van der Waals surface area contributed by atoms with Crippen LogP contribution in [0.25, 0.3) is 0 Å². The lowest BCUT2D eigenvalue weighted by Crippen LogP contribution is -2.36. The van der Waals surface area contributed by atoms with Crippen LogP contribution in [0.3, 0.4) is 0 Å². The van der Waals surface area contributed by atoms with Crippen molar-refractivity contribution >= 4 is 33.4 Å². The molecule has 0 spiro atoms. The molecule has 5 nitrogen and oxygen atoms in total. The predicted octanol–water partition coefficient (Wildman–Crippen LogP) is 0.886. The number of carbonyl (C=O) groups is 2. The average Bonchev–Trinajstić information content (AvgIpc) is 2.32. The van der Waals surface area contributed by atoms with Crippen molar-refractivity contribution in [3.63, 3.8) is 0 Å². The first-order chi connectivity index (χ1) is 8.13. The van der Waals surface area contributed by atoms with Gasteiger partial charge in [0.15, 0.2) is 0 Å². The van der Waals surface area contributed by atoms with Gasteiger partial charge < -0.3 is 15.7 Å². The van der Waals surface area contributed by atoms with Gasteiger partial charge in [-0.15, -0.1) is 0 Å². The molecule has 1 rings (SSSR count). The molecular formula is C11H13BrN2O3. The van der Waals surface area contributed by atoms with Gasteiger partial charge in [-0.3, -0.25) is 9.59 Å². The number of halogens is 1. The number of carbonyl (C=O) groups excluding carboxylic acids is 2. The van der Waals surface area contributed by atoms with E-state index in [9.17, 15) is 9.59 Å². The van der Waals surface area contributed by atoms with Crippen molar-refractivity contribution < 1.29 is 14.7 Å². The quantitative estimate of drug-likeness (QED) is 0.571. The smallest absolute Gasteiger partial charge is 0.313 e. The van der Waals surface area contributed by atoms with Crippen LogP contribution in [0.4, 0.5) is 5.69 Å². The summed E-state index contributed by atoms with van der Waals surface area (Å²) in [6.07, 6.45) is 0.428. The minimum atomic E-state index is -0.717. The lowest BCUT2D eigenvalue weighted by molar-refractivity contribution is -0.136. The van der Waals surface area contributed by atoms with Crippen molar-refractivity contribution in [2.45, 2.75) is 6.42 Å². The first-order valence-corrected chi connectivity index (χ1v) is 5.88. The van der Waals surface area contributed by atoms with Crippen LogP contribution >= 0.6 is 15.9 Å². The van der Waals surface area contributed by atoms with E-state index < -0.39 is 11.8 Å². The lowest BCUT2D eigenvalue weighted by Gasteiger charge is -2.05. The van der Waals surface area contributed by atoms with E-state index in [0.717, 1.165) is 4.47 Å². The van der Waals surface area contributed by atoms with E-state index in [0.29, 0.717) is 12.1 Å². The molecule has 3 N–H and O–H groups in total. The van der Waals surface area contributed by atoms with Crippen molar-refractivity contribution in [3.8, 4) is 0 Å². The molecule has 0 aromatic heterocycles. The van der Waals surface area contributed by atoms with Gasteiger partial charge >= 0.3 is 11.8 Å². The van der Waals surface area contributed by atoms with Crippen molar-refractivity contribution in [2.75, 3.05) is 18.5 Å². The fraction of sp³-hybridized carbons (Fsp3) is 0.273. The predicted molar refractivity (Wildman–Crippen MR) is 67.5 cm³/mol. The highest BCUT2D eigenvalue weighted by molar-refractivity contribution is 9.10. The van der Waals surface area contributed by atoms with Crippen molar-refractivity contribution in [1.82, 2.24) is 5.32 Å². The summed E-state index contributed by atoms with van der Waals surface area (Å²) in [7, 11) is 0. The lowest BCUT2D eigenvalue weighted by atomic mass is 10.3. The Labute approximate surface area is 107 Å². The molecule has 0 unspecified atom stereocenters. The fourth-order valence-corrected chi connectivity index (χ4v) is 1.35. The Morgan fingerprint density at radius 2 is 1.82 bits per heavy atom. The molecule has 2 amide bonds. The molecule has 1 aromatic rings. The topological polar surface area (TPSA) is 78.4 Å². The maximum Gasteiger partial charge on any atom is 0.313 e. The minimum Gasteiger partial charge on any atom is -0.396 e. The second-order valence-corrected chi connectivity index (χ2v) is 4.21. The van der Waals surface area contributed by atoms with Crippen LogP contribution in [0, 0.1) is 0 Å². The average molecular weight is 301 g/mol. The molecular weight excluding hydrogens is 288 g/mol. The van der Waals surface area contributed by atoms with Crippen LogP contribution < -0.4 is 10.6 Å². The van der Waals surface area contributed by atoms with E-state index in [2.05, 4.69) is 26.6 Å². The highest BCUT2D eigenvalue weighted by Gasteiger charge is 2.12. The van der Waals surface area contributed by atoms with Gasteiger partial charge in [0.25, 0.3) is 0 Å². The molecule has 17 heavy (non-hydrogen) atoms. The Morgan fingerprint density at radius 1 is 1.18 bits per heavy atom. The number of anilines is 1. The zero-order valence-electron chi connectivity index (χ0n) is 9.07. The minimum absolute atomic E-state index is 0.0192. The third-order valence-electron chi connectivity index (χ3n) is 1.93. The third kappa shape index (κ3) is 4.97. The third-order valence-corrected chi connectivity index (χ3v) is 2.46. The van der Waals surface area contributed by atoms with Crippen molar-refractivity contribution in [2.24, 2.45) is 0 Å². The maximum atomic E-state index is 11.4. The molecule has 0 saturated carbocycles. The Balaban J connectivity index is 2.43. The van der Waals surface area contributed by atoms with E-state index in [1.807, 2.05) is 0 Å². The van der Waals surface area contributed by atoms with Crippen LogP contribution in [0.15, 0.2) is 28.7 Å². The van der Waals surface area contributed by atoms with E-state index in [-0.39, 0.29) is 13.2 Å². The number of rotatable bonds is 4. The molecule has 0 aliphatic rings. The zero-order chi connectivity index (χ0) is 12.7. The zero-order valence-corrected chi connectivity index (χ0v) is 10.7. The SMILES string of the molecule is O=C(NCCCO)C(=O)Nc1ccc(Br)cc1. The van der Waals surface area contributed by atoms with E-state index >= 15 is 0 Å². The number of hydrogen-bond acceptors (Lipinski definition) is 3. The number of benzene rings is 1. The Bertz CT molecular complexity index is 392. The highest BCUT2D eigenvalue weighted by atomic mass is 79.9. The van der Waals surface area contributed by atoms with Gasteiger partial charge in [0.1, 0.15) is 0 Å². The molecule has 0 radical (unpaired) electrons. The molecule has 0 aliphatic carbocycles. The van der Waals surface area contributed by atoms with Crippen LogP contribution in [0.2, 0.25) is 0 Å². The summed E-state index contributed by atoms with van der Waals surface area (Å²) < 4.78 is 0.892. The first-order valence-electron chi connectivity index (χ1n) is 5.09. The maximum absolute atomic E-state index is 11.4. The van der Waals surface area contributed by atoms with Gasteiger partial charge in [-0.05, 0) is 30.7 Å². The van der Waals surface area contributed by atoms with Gasteiger partial charge in [-0.25, -0.2) is 0 Å². The molecule has 0 aliphatic heterocycles. The molecule has 92 valence electrons. The summed E-state index contributed by atoms with van der Waals surface area (Å²) in [6, 6.07) is 6.89. The number of aliphatic hydroxyl groups excluding tert-OH is 1. The monoisotopic (exact) mass is 300 g/mol. The second kappa shape index (κ2) is 7.03. The van der Waals surface area contributed by atoms with E-state index in [1.165, 1.54) is 0 Å². The molecule has 0 saturated heterocycles. The standard InChI is InChI=1S/C11H13BrN2O3/c12-8-2-4-9(5-3-8)14-11(17)10(16)13-6-1-7-15/h2-5,15H,1,6-7H2,(H,13,16)(H,14,17). The van der Waals surface area contributed by atoms with Crippen LogP contribution in [0.1, 0.15) is 6.42 Å². The molecule has 6 heteroatoms. The molecule has 0 heterocycles. The highest BCUT2D eigenvalue weighted by Crippen LogP contribution is 2.13. The Morgan fingerprint density at radius 3 is 2.41 bits per heavy atom. The van der Waals surface area contributed by atoms with Gasteiger partial charge in [-0.2, -0.15) is 0 Å². The van der Waals surface area contributed by atoms with Crippen LogP contribution in [-0.4, -0.2) is 30.1 Å². The van der Waals surface area contributed by atoms with Gasteiger partial charge in [0, 0.05) is 23.3 Å². The normalized spacial score (nSPS) is 9.76. The van der Waals surface area contributed by atoms with Gasteiger partial charge in [0.2, 0.25) is 0 Å². The molecule has 1 aromatic carbocycles. The van der Waals surface area contributed by atoms with E-state index in [1.54, 1.807) is 24.3 Å². The number of amides is 2. The van der Waals surface area contributed by atoms with Crippen molar-refractivity contribution in [3.05, 3.63) is 28.7 Å². The summed E-state index contributed by atoms with van der Waals surface area (Å²) in [6.45, 7) is 0.262. The largest absolute Gasteiger partial charge is 0.396 e. The summed E-state index contributed by atoms with van der Waals surface area (Å²) in [5, 5.41) is 13.4. The summed E-state index contributed by atoms with van der Waals surface area (Å²) in [5.41, 5.74) is 0.551. The number of hydrogen-bond donors (Lipinski definition) is 3.